The van der Waals surface area contributed by atoms with Crippen molar-refractivity contribution >= 4 is 17.6 Å². The average Bonchev–Trinajstić information content (AvgIpc) is 2.95. The van der Waals surface area contributed by atoms with Gasteiger partial charge in [-0.05, 0) is 52.0 Å². The molecule has 0 aliphatic rings. The molecule has 144 valence electrons. The first-order chi connectivity index (χ1) is 13.3. The molecule has 1 N–H and O–H groups in total. The minimum absolute atomic E-state index is 0.304. The number of carbonyl (C=O) groups is 2. The Morgan fingerprint density at radius 1 is 1.04 bits per heavy atom. The topological polar surface area (TPSA) is 86.1 Å². The van der Waals surface area contributed by atoms with Crippen molar-refractivity contribution in [2.45, 2.75) is 27.7 Å². The van der Waals surface area contributed by atoms with Crippen LogP contribution in [0.15, 0.2) is 42.6 Å². The normalized spacial score (nSPS) is 10.6. The zero-order chi connectivity index (χ0) is 20.3. The fourth-order valence-electron chi connectivity index (χ4n) is 2.74. The summed E-state index contributed by atoms with van der Waals surface area (Å²) >= 11 is 0. The summed E-state index contributed by atoms with van der Waals surface area (Å²) < 4.78 is 6.84. The third-order valence-electron chi connectivity index (χ3n) is 4.32. The molecule has 3 rings (SSSR count). The van der Waals surface area contributed by atoms with Crippen LogP contribution in [0.2, 0.25) is 0 Å². The van der Waals surface area contributed by atoms with E-state index in [2.05, 4.69) is 15.4 Å². The standard InChI is InChI=1S/C21H22N4O3/c1-13-5-9-18(10-6-13)25-16(4)20(15(3)24-25)23-19(26)12-28-21(27)17-8-7-14(2)22-11-17/h5-11H,12H2,1-4H3,(H,23,26). The minimum Gasteiger partial charge on any atom is -0.452 e. The van der Waals surface area contributed by atoms with Crippen molar-refractivity contribution in [2.24, 2.45) is 0 Å². The third-order valence-corrected chi connectivity index (χ3v) is 4.32. The number of aryl methyl sites for hydroxylation is 3. The maximum atomic E-state index is 12.3. The van der Waals surface area contributed by atoms with Gasteiger partial charge in [0.05, 0.1) is 28.3 Å². The van der Waals surface area contributed by atoms with Crippen LogP contribution in [0.3, 0.4) is 0 Å². The quantitative estimate of drug-likeness (QED) is 0.689. The summed E-state index contributed by atoms with van der Waals surface area (Å²) in [7, 11) is 0. The maximum absolute atomic E-state index is 12.3. The molecule has 0 fully saturated rings. The Balaban J connectivity index is 1.66. The van der Waals surface area contributed by atoms with Crippen molar-refractivity contribution in [3.63, 3.8) is 0 Å². The van der Waals surface area contributed by atoms with E-state index >= 15 is 0 Å². The van der Waals surface area contributed by atoms with E-state index in [1.54, 1.807) is 16.8 Å². The number of benzene rings is 1. The van der Waals surface area contributed by atoms with Gasteiger partial charge in [0.15, 0.2) is 6.61 Å². The predicted octanol–water partition coefficient (Wildman–Crippen LogP) is 3.30. The zero-order valence-electron chi connectivity index (χ0n) is 16.3. The number of amides is 1. The van der Waals surface area contributed by atoms with E-state index in [4.69, 9.17) is 4.74 Å². The number of hydrogen-bond acceptors (Lipinski definition) is 5. The highest BCUT2D eigenvalue weighted by Gasteiger charge is 2.17. The van der Waals surface area contributed by atoms with E-state index in [0.717, 1.165) is 22.6 Å². The van der Waals surface area contributed by atoms with E-state index in [1.165, 1.54) is 6.20 Å². The fourth-order valence-corrected chi connectivity index (χ4v) is 2.74. The summed E-state index contributed by atoms with van der Waals surface area (Å²) in [5, 5.41) is 7.28. The summed E-state index contributed by atoms with van der Waals surface area (Å²) in [6.45, 7) is 7.15. The van der Waals surface area contributed by atoms with Crippen LogP contribution in [0.5, 0.6) is 0 Å². The molecule has 1 aromatic carbocycles. The van der Waals surface area contributed by atoms with Crippen LogP contribution in [0.25, 0.3) is 5.69 Å². The molecule has 0 saturated carbocycles. The smallest absolute Gasteiger partial charge is 0.340 e. The number of carbonyl (C=O) groups excluding carboxylic acids is 2. The summed E-state index contributed by atoms with van der Waals surface area (Å²) in [6.07, 6.45) is 1.43. The Hall–Kier alpha value is -3.48. The van der Waals surface area contributed by atoms with Crippen LogP contribution in [0.1, 0.15) is 33.0 Å². The van der Waals surface area contributed by atoms with Crippen LogP contribution in [-0.2, 0) is 9.53 Å². The van der Waals surface area contributed by atoms with Gasteiger partial charge in [-0.2, -0.15) is 5.10 Å². The largest absolute Gasteiger partial charge is 0.452 e. The van der Waals surface area contributed by atoms with Gasteiger partial charge in [0.25, 0.3) is 5.91 Å². The lowest BCUT2D eigenvalue weighted by atomic mass is 10.2. The lowest BCUT2D eigenvalue weighted by molar-refractivity contribution is -0.119. The zero-order valence-corrected chi connectivity index (χ0v) is 16.3. The van der Waals surface area contributed by atoms with E-state index in [0.29, 0.717) is 16.9 Å². The lowest BCUT2D eigenvalue weighted by Crippen LogP contribution is -2.21. The molecule has 0 saturated heterocycles. The molecule has 2 aromatic heterocycles. The summed E-state index contributed by atoms with van der Waals surface area (Å²) in [4.78, 5) is 28.3. The Morgan fingerprint density at radius 3 is 2.39 bits per heavy atom. The predicted molar refractivity (Wildman–Crippen MR) is 106 cm³/mol. The van der Waals surface area contributed by atoms with Gasteiger partial charge in [0.1, 0.15) is 0 Å². The van der Waals surface area contributed by atoms with Crippen LogP contribution >= 0.6 is 0 Å². The molecule has 2 heterocycles. The first-order valence-electron chi connectivity index (χ1n) is 8.88. The number of anilines is 1. The first-order valence-corrected chi connectivity index (χ1v) is 8.88. The molecule has 28 heavy (non-hydrogen) atoms. The molecule has 1 amide bonds. The Labute approximate surface area is 163 Å². The Morgan fingerprint density at radius 2 is 1.75 bits per heavy atom. The second kappa shape index (κ2) is 8.04. The van der Waals surface area contributed by atoms with Gasteiger partial charge in [0, 0.05) is 11.9 Å². The Kier molecular flexibility index (Phi) is 5.54. The number of ether oxygens (including phenoxy) is 1. The van der Waals surface area contributed by atoms with E-state index in [9.17, 15) is 9.59 Å². The lowest BCUT2D eigenvalue weighted by Gasteiger charge is -2.08. The molecule has 7 heteroatoms. The number of hydrogen-bond donors (Lipinski definition) is 1. The van der Waals surface area contributed by atoms with Crippen molar-refractivity contribution in [2.75, 3.05) is 11.9 Å². The van der Waals surface area contributed by atoms with Crippen molar-refractivity contribution in [3.8, 4) is 5.69 Å². The first kappa shape index (κ1) is 19.3. The molecular formula is C21H22N4O3. The van der Waals surface area contributed by atoms with E-state index in [1.807, 2.05) is 52.0 Å². The molecular weight excluding hydrogens is 356 g/mol. The highest BCUT2D eigenvalue weighted by atomic mass is 16.5. The third kappa shape index (κ3) is 4.25. The molecule has 0 aliphatic heterocycles. The number of nitrogens with one attached hydrogen (secondary N) is 1. The van der Waals surface area contributed by atoms with Gasteiger partial charge in [-0.15, -0.1) is 0 Å². The summed E-state index contributed by atoms with van der Waals surface area (Å²) in [6, 6.07) is 11.3. The highest BCUT2D eigenvalue weighted by Crippen LogP contribution is 2.23. The van der Waals surface area contributed by atoms with Crippen LogP contribution < -0.4 is 5.32 Å². The van der Waals surface area contributed by atoms with Crippen LogP contribution in [0.4, 0.5) is 5.69 Å². The van der Waals surface area contributed by atoms with Gasteiger partial charge < -0.3 is 10.1 Å². The van der Waals surface area contributed by atoms with Crippen molar-refractivity contribution in [1.29, 1.82) is 0 Å². The average molecular weight is 378 g/mol. The second-order valence-electron chi connectivity index (χ2n) is 6.61. The van der Waals surface area contributed by atoms with Crippen LogP contribution in [0, 0.1) is 27.7 Å². The maximum Gasteiger partial charge on any atom is 0.340 e. The SMILES string of the molecule is Cc1ccc(-n2nc(C)c(NC(=O)COC(=O)c3ccc(C)nc3)c2C)cc1. The molecule has 7 nitrogen and oxygen atoms in total. The number of esters is 1. The van der Waals surface area contributed by atoms with Gasteiger partial charge in [0.2, 0.25) is 0 Å². The monoisotopic (exact) mass is 378 g/mol. The van der Waals surface area contributed by atoms with Crippen molar-refractivity contribution in [1.82, 2.24) is 14.8 Å². The fraction of sp³-hybridized carbons (Fsp3) is 0.238. The van der Waals surface area contributed by atoms with Crippen molar-refractivity contribution in [3.05, 3.63) is 70.8 Å². The number of nitrogens with zero attached hydrogens (tertiary/aromatic N) is 3. The summed E-state index contributed by atoms with van der Waals surface area (Å²) in [5.74, 6) is -1.02. The van der Waals surface area contributed by atoms with E-state index in [-0.39, 0.29) is 6.61 Å². The van der Waals surface area contributed by atoms with Gasteiger partial charge in [-0.1, -0.05) is 17.7 Å². The highest BCUT2D eigenvalue weighted by molar-refractivity contribution is 5.96. The van der Waals surface area contributed by atoms with Gasteiger partial charge >= 0.3 is 5.97 Å². The molecule has 0 unspecified atom stereocenters. The molecule has 0 aliphatic carbocycles. The Bertz CT molecular complexity index is 1010. The van der Waals surface area contributed by atoms with Crippen molar-refractivity contribution < 1.29 is 14.3 Å². The number of aromatic nitrogens is 3. The van der Waals surface area contributed by atoms with Gasteiger partial charge in [-0.3, -0.25) is 9.78 Å². The molecule has 0 bridgehead atoms. The van der Waals surface area contributed by atoms with Gasteiger partial charge in [-0.25, -0.2) is 9.48 Å². The molecule has 0 spiro atoms. The molecule has 0 radical (unpaired) electrons. The molecule has 3 aromatic rings. The second-order valence-corrected chi connectivity index (χ2v) is 6.61. The van der Waals surface area contributed by atoms with E-state index < -0.39 is 11.9 Å². The minimum atomic E-state index is -0.591. The molecule has 0 atom stereocenters. The van der Waals surface area contributed by atoms with Crippen LogP contribution in [-0.4, -0.2) is 33.2 Å². The number of rotatable bonds is 5. The number of pyridine rings is 1. The summed E-state index contributed by atoms with van der Waals surface area (Å²) in [5.41, 5.74) is 5.25.